The Morgan fingerprint density at radius 2 is 2.05 bits per heavy atom. The second-order valence-corrected chi connectivity index (χ2v) is 4.93. The van der Waals surface area contributed by atoms with Gasteiger partial charge in [-0.1, -0.05) is 26.0 Å². The number of hydrogen-bond acceptors (Lipinski definition) is 3. The highest BCUT2D eigenvalue weighted by molar-refractivity contribution is 5.96. The Balaban J connectivity index is 2.60. The number of rotatable bonds is 7. The molecule has 0 bridgehead atoms. The van der Waals surface area contributed by atoms with Gasteiger partial charge in [-0.05, 0) is 19.8 Å². The summed E-state index contributed by atoms with van der Waals surface area (Å²) in [4.78, 5) is 25.8. The van der Waals surface area contributed by atoms with Crippen LogP contribution in [-0.2, 0) is 14.3 Å². The fourth-order valence-electron chi connectivity index (χ4n) is 2.18. The Morgan fingerprint density at radius 3 is 2.58 bits per heavy atom. The van der Waals surface area contributed by atoms with Crippen LogP contribution < -0.4 is 5.32 Å². The molecule has 2 atom stereocenters. The van der Waals surface area contributed by atoms with Gasteiger partial charge in [0, 0.05) is 6.54 Å². The molecule has 1 saturated heterocycles. The van der Waals surface area contributed by atoms with Crippen LogP contribution >= 0.6 is 0 Å². The van der Waals surface area contributed by atoms with Crippen LogP contribution in [0, 0.1) is 0 Å². The molecule has 0 spiro atoms. The van der Waals surface area contributed by atoms with Gasteiger partial charge in [-0.2, -0.15) is 0 Å². The highest BCUT2D eigenvalue weighted by atomic mass is 16.5. The molecule has 1 aliphatic heterocycles. The van der Waals surface area contributed by atoms with Crippen molar-refractivity contribution in [3.05, 3.63) is 12.2 Å². The van der Waals surface area contributed by atoms with E-state index in [2.05, 4.69) is 11.9 Å². The summed E-state index contributed by atoms with van der Waals surface area (Å²) in [7, 11) is 0. The van der Waals surface area contributed by atoms with Crippen LogP contribution in [0.25, 0.3) is 0 Å². The molecule has 1 fully saturated rings. The molecule has 0 radical (unpaired) electrons. The summed E-state index contributed by atoms with van der Waals surface area (Å²) in [5.74, 6) is -0.0678. The molecule has 5 nitrogen and oxygen atoms in total. The molecule has 2 unspecified atom stereocenters. The van der Waals surface area contributed by atoms with Gasteiger partial charge in [0.1, 0.15) is 12.1 Å². The molecule has 1 heterocycles. The minimum absolute atomic E-state index is 0.00660. The number of amides is 2. The molecule has 2 amide bonds. The molecule has 1 rings (SSSR count). The van der Waals surface area contributed by atoms with Crippen LogP contribution in [0.4, 0.5) is 0 Å². The first kappa shape index (κ1) is 15.7. The fourth-order valence-corrected chi connectivity index (χ4v) is 2.18. The van der Waals surface area contributed by atoms with Crippen molar-refractivity contribution in [2.75, 3.05) is 19.8 Å². The zero-order valence-electron chi connectivity index (χ0n) is 12.1. The lowest BCUT2D eigenvalue weighted by Crippen LogP contribution is -2.63. The van der Waals surface area contributed by atoms with Crippen LogP contribution in [-0.4, -0.2) is 48.6 Å². The van der Waals surface area contributed by atoms with E-state index in [1.54, 1.807) is 4.90 Å². The molecule has 5 heteroatoms. The summed E-state index contributed by atoms with van der Waals surface area (Å²) in [5, 5.41) is 2.77. The minimum Gasteiger partial charge on any atom is -0.375 e. The first-order valence-corrected chi connectivity index (χ1v) is 6.84. The van der Waals surface area contributed by atoms with E-state index < -0.39 is 6.04 Å². The molecule has 1 aliphatic rings. The molecule has 0 aromatic heterocycles. The zero-order chi connectivity index (χ0) is 14.4. The summed E-state index contributed by atoms with van der Waals surface area (Å²) >= 11 is 0. The number of nitrogens with zero attached hydrogens (tertiary/aromatic N) is 1. The Morgan fingerprint density at radius 1 is 1.37 bits per heavy atom. The van der Waals surface area contributed by atoms with Gasteiger partial charge in [0.2, 0.25) is 11.8 Å². The van der Waals surface area contributed by atoms with Crippen LogP contribution in [0.1, 0.15) is 33.6 Å². The van der Waals surface area contributed by atoms with Crippen LogP contribution in [0.2, 0.25) is 0 Å². The zero-order valence-corrected chi connectivity index (χ0v) is 12.1. The maximum atomic E-state index is 12.2. The summed E-state index contributed by atoms with van der Waals surface area (Å²) in [6, 6.07) is -0.764. The van der Waals surface area contributed by atoms with Crippen molar-refractivity contribution in [2.24, 2.45) is 0 Å². The van der Waals surface area contributed by atoms with Crippen molar-refractivity contribution in [3.8, 4) is 0 Å². The summed E-state index contributed by atoms with van der Waals surface area (Å²) in [6.07, 6.45) is 1.23. The van der Waals surface area contributed by atoms with E-state index >= 15 is 0 Å². The fraction of sp³-hybridized carbons (Fsp3) is 0.714. The second kappa shape index (κ2) is 7.28. The number of carbonyl (C=O) groups is 2. The van der Waals surface area contributed by atoms with Gasteiger partial charge in [0.25, 0.3) is 0 Å². The molecular formula is C14H24N2O3. The van der Waals surface area contributed by atoms with E-state index in [9.17, 15) is 9.59 Å². The first-order valence-electron chi connectivity index (χ1n) is 6.84. The van der Waals surface area contributed by atoms with Gasteiger partial charge < -0.3 is 15.0 Å². The molecule has 0 aromatic carbocycles. The standard InChI is InChI=1S/C14H24N2O3/c1-5-11-14(18)16(7-8-19-9-10(3)4)12(6-2)13(17)15-11/h11-12H,3,5-9H2,1-2,4H3,(H,15,17). The molecule has 0 aliphatic carbocycles. The normalized spacial score (nSPS) is 23.4. The van der Waals surface area contributed by atoms with Gasteiger partial charge in [0.15, 0.2) is 0 Å². The average molecular weight is 268 g/mol. The lowest BCUT2D eigenvalue weighted by atomic mass is 10.0. The van der Waals surface area contributed by atoms with Gasteiger partial charge in [0.05, 0.1) is 13.2 Å². The van der Waals surface area contributed by atoms with Crippen molar-refractivity contribution >= 4 is 11.8 Å². The minimum atomic E-state index is -0.392. The maximum absolute atomic E-state index is 12.2. The van der Waals surface area contributed by atoms with E-state index in [-0.39, 0.29) is 17.9 Å². The van der Waals surface area contributed by atoms with Gasteiger partial charge in [-0.25, -0.2) is 0 Å². The quantitative estimate of drug-likeness (QED) is 0.555. The molecule has 19 heavy (non-hydrogen) atoms. The predicted molar refractivity (Wildman–Crippen MR) is 73.6 cm³/mol. The van der Waals surface area contributed by atoms with Crippen molar-refractivity contribution in [3.63, 3.8) is 0 Å². The van der Waals surface area contributed by atoms with Crippen molar-refractivity contribution in [1.82, 2.24) is 10.2 Å². The molecular weight excluding hydrogens is 244 g/mol. The third-order valence-electron chi connectivity index (χ3n) is 3.20. The first-order chi connectivity index (χ1) is 9.01. The monoisotopic (exact) mass is 268 g/mol. The Bertz CT molecular complexity index is 355. The van der Waals surface area contributed by atoms with E-state index in [4.69, 9.17) is 4.74 Å². The number of hydrogen-bond donors (Lipinski definition) is 1. The third kappa shape index (κ3) is 4.06. The van der Waals surface area contributed by atoms with E-state index in [1.165, 1.54) is 0 Å². The maximum Gasteiger partial charge on any atom is 0.245 e. The Labute approximate surface area is 115 Å². The van der Waals surface area contributed by atoms with E-state index in [0.717, 1.165) is 5.57 Å². The summed E-state index contributed by atoms with van der Waals surface area (Å²) in [6.45, 7) is 10.8. The van der Waals surface area contributed by atoms with E-state index in [1.807, 2.05) is 20.8 Å². The highest BCUT2D eigenvalue weighted by Crippen LogP contribution is 2.14. The Hall–Kier alpha value is -1.36. The third-order valence-corrected chi connectivity index (χ3v) is 3.20. The van der Waals surface area contributed by atoms with Gasteiger partial charge in [-0.15, -0.1) is 0 Å². The predicted octanol–water partition coefficient (Wildman–Crippen LogP) is 1.09. The second-order valence-electron chi connectivity index (χ2n) is 4.93. The largest absolute Gasteiger partial charge is 0.375 e. The summed E-state index contributed by atoms with van der Waals surface area (Å²) < 4.78 is 5.42. The summed E-state index contributed by atoms with van der Waals surface area (Å²) in [5.41, 5.74) is 0.946. The lowest BCUT2D eigenvalue weighted by molar-refractivity contribution is -0.150. The lowest BCUT2D eigenvalue weighted by Gasteiger charge is -2.38. The van der Waals surface area contributed by atoms with Gasteiger partial charge in [-0.3, -0.25) is 9.59 Å². The number of piperazine rings is 1. The topological polar surface area (TPSA) is 58.6 Å². The highest BCUT2D eigenvalue weighted by Gasteiger charge is 2.38. The number of nitrogens with one attached hydrogen (secondary N) is 1. The molecule has 0 saturated carbocycles. The number of ether oxygens (including phenoxy) is 1. The SMILES string of the molecule is C=C(C)COCCN1C(=O)C(CC)NC(=O)C1CC. The van der Waals surface area contributed by atoms with Gasteiger partial charge >= 0.3 is 0 Å². The van der Waals surface area contributed by atoms with Crippen molar-refractivity contribution in [2.45, 2.75) is 45.7 Å². The molecule has 0 aromatic rings. The van der Waals surface area contributed by atoms with Crippen molar-refractivity contribution in [1.29, 1.82) is 0 Å². The molecule has 1 N–H and O–H groups in total. The smallest absolute Gasteiger partial charge is 0.245 e. The van der Waals surface area contributed by atoms with Crippen LogP contribution in [0.3, 0.4) is 0 Å². The van der Waals surface area contributed by atoms with Crippen molar-refractivity contribution < 1.29 is 14.3 Å². The van der Waals surface area contributed by atoms with Crippen LogP contribution in [0.5, 0.6) is 0 Å². The molecule has 108 valence electrons. The van der Waals surface area contributed by atoms with Crippen LogP contribution in [0.15, 0.2) is 12.2 Å². The van der Waals surface area contributed by atoms with E-state index in [0.29, 0.717) is 32.6 Å². The number of carbonyl (C=O) groups excluding carboxylic acids is 2. The Kier molecular flexibility index (Phi) is 6.02. The average Bonchev–Trinajstić information content (AvgIpc) is 2.37.